The molecule has 1 heterocycles. The van der Waals surface area contributed by atoms with Gasteiger partial charge in [0, 0.05) is 8.95 Å². The summed E-state index contributed by atoms with van der Waals surface area (Å²) >= 11 is 8.21. The second-order valence-electron chi connectivity index (χ2n) is 4.49. The van der Waals surface area contributed by atoms with Gasteiger partial charge in [-0.25, -0.2) is 4.99 Å². The van der Waals surface area contributed by atoms with Crippen LogP contribution in [0.2, 0.25) is 0 Å². The molecule has 0 saturated carbocycles. The Balaban J connectivity index is 1.86. The molecule has 1 saturated heterocycles. The molecule has 0 atom stereocenters. The first kappa shape index (κ1) is 15.5. The molecule has 1 aliphatic rings. The topological polar surface area (TPSA) is 41.5 Å². The van der Waals surface area contributed by atoms with Crippen LogP contribution in [0.5, 0.6) is 0 Å². The highest BCUT2D eigenvalue weighted by Crippen LogP contribution is 2.31. The van der Waals surface area contributed by atoms with Gasteiger partial charge in [0.25, 0.3) is 5.91 Å². The number of hydrogen-bond donors (Lipinski definition) is 1. The van der Waals surface area contributed by atoms with E-state index in [9.17, 15) is 4.79 Å². The number of aliphatic imine (C=N–C) groups is 1. The number of hydrogen-bond acceptors (Lipinski definition) is 3. The summed E-state index contributed by atoms with van der Waals surface area (Å²) in [5.41, 5.74) is 1.75. The smallest absolute Gasteiger partial charge is 0.264 e. The standard InChI is InChI=1S/C16H10Br2N2OS/c17-11-5-3-4-10(8-11)9-14-15(21)20-16(22-14)19-13-7-2-1-6-12(13)18/h1-9H,(H,19,20,21)/b14-9-. The van der Waals surface area contributed by atoms with Gasteiger partial charge in [-0.1, -0.05) is 40.2 Å². The largest absolute Gasteiger partial charge is 0.300 e. The van der Waals surface area contributed by atoms with Crippen molar-refractivity contribution in [3.63, 3.8) is 0 Å². The number of para-hydroxylation sites is 1. The Morgan fingerprint density at radius 3 is 2.68 bits per heavy atom. The molecule has 6 heteroatoms. The van der Waals surface area contributed by atoms with Crippen molar-refractivity contribution in [3.8, 4) is 0 Å². The number of amidine groups is 1. The first-order valence-corrected chi connectivity index (χ1v) is 8.82. The van der Waals surface area contributed by atoms with Gasteiger partial charge in [-0.2, -0.15) is 0 Å². The van der Waals surface area contributed by atoms with Crippen LogP contribution in [0.25, 0.3) is 6.08 Å². The van der Waals surface area contributed by atoms with Gasteiger partial charge >= 0.3 is 0 Å². The molecule has 2 aromatic rings. The molecule has 0 aliphatic carbocycles. The summed E-state index contributed by atoms with van der Waals surface area (Å²) in [6, 6.07) is 15.4. The number of carbonyl (C=O) groups excluding carboxylic acids is 1. The third-order valence-electron chi connectivity index (χ3n) is 2.87. The normalized spacial score (nSPS) is 18.0. The lowest BCUT2D eigenvalue weighted by Gasteiger charge is -1.98. The van der Waals surface area contributed by atoms with Gasteiger partial charge in [0.15, 0.2) is 5.17 Å². The van der Waals surface area contributed by atoms with Crippen molar-refractivity contribution in [1.82, 2.24) is 5.32 Å². The van der Waals surface area contributed by atoms with Gasteiger partial charge in [-0.15, -0.1) is 0 Å². The number of halogens is 2. The molecule has 0 aromatic heterocycles. The molecule has 0 unspecified atom stereocenters. The molecular weight excluding hydrogens is 428 g/mol. The summed E-state index contributed by atoms with van der Waals surface area (Å²) < 4.78 is 1.87. The zero-order chi connectivity index (χ0) is 15.5. The van der Waals surface area contributed by atoms with Crippen LogP contribution in [0.15, 0.2) is 67.4 Å². The van der Waals surface area contributed by atoms with Gasteiger partial charge in [0.2, 0.25) is 0 Å². The molecular formula is C16H10Br2N2OS. The summed E-state index contributed by atoms with van der Waals surface area (Å²) in [5.74, 6) is -0.129. The molecule has 2 aromatic carbocycles. The van der Waals surface area contributed by atoms with Crippen LogP contribution < -0.4 is 5.32 Å². The van der Waals surface area contributed by atoms with Crippen LogP contribution in [-0.4, -0.2) is 11.1 Å². The van der Waals surface area contributed by atoms with Crippen molar-refractivity contribution in [2.75, 3.05) is 0 Å². The summed E-state index contributed by atoms with van der Waals surface area (Å²) in [7, 11) is 0. The fraction of sp³-hybridized carbons (Fsp3) is 0. The van der Waals surface area contributed by atoms with E-state index in [2.05, 4.69) is 42.2 Å². The maximum absolute atomic E-state index is 12.0. The van der Waals surface area contributed by atoms with E-state index >= 15 is 0 Å². The second-order valence-corrected chi connectivity index (χ2v) is 7.29. The highest BCUT2D eigenvalue weighted by molar-refractivity contribution is 9.10. The lowest BCUT2D eigenvalue weighted by molar-refractivity contribution is -0.115. The minimum Gasteiger partial charge on any atom is -0.300 e. The van der Waals surface area contributed by atoms with Gasteiger partial charge in [-0.3, -0.25) is 4.79 Å². The van der Waals surface area contributed by atoms with E-state index in [0.717, 1.165) is 20.2 Å². The SMILES string of the molecule is O=C1NC(=Nc2ccccc2Br)S/C1=C\c1cccc(Br)c1. The Kier molecular flexibility index (Phi) is 4.81. The fourth-order valence-electron chi connectivity index (χ4n) is 1.88. The van der Waals surface area contributed by atoms with Crippen LogP contribution in [0, 0.1) is 0 Å². The number of nitrogens with one attached hydrogen (secondary N) is 1. The van der Waals surface area contributed by atoms with E-state index in [4.69, 9.17) is 0 Å². The molecule has 3 nitrogen and oxygen atoms in total. The molecule has 1 N–H and O–H groups in total. The van der Waals surface area contributed by atoms with Gasteiger partial charge in [0.1, 0.15) is 0 Å². The molecule has 1 fully saturated rings. The monoisotopic (exact) mass is 436 g/mol. The highest BCUT2D eigenvalue weighted by atomic mass is 79.9. The number of nitrogens with zero attached hydrogens (tertiary/aromatic N) is 1. The predicted octanol–water partition coefficient (Wildman–Crippen LogP) is 5.10. The maximum Gasteiger partial charge on any atom is 0.264 e. The molecule has 22 heavy (non-hydrogen) atoms. The van der Waals surface area contributed by atoms with Crippen molar-refractivity contribution in [3.05, 3.63) is 67.9 Å². The first-order valence-electron chi connectivity index (χ1n) is 6.41. The number of thioether (sulfide) groups is 1. The molecule has 0 bridgehead atoms. The molecule has 1 amide bonds. The van der Waals surface area contributed by atoms with Crippen molar-refractivity contribution in [1.29, 1.82) is 0 Å². The summed E-state index contributed by atoms with van der Waals surface area (Å²) in [4.78, 5) is 17.1. The van der Waals surface area contributed by atoms with E-state index in [-0.39, 0.29) is 5.91 Å². The quantitative estimate of drug-likeness (QED) is 0.663. The van der Waals surface area contributed by atoms with Crippen molar-refractivity contribution < 1.29 is 4.79 Å². The lowest BCUT2D eigenvalue weighted by atomic mass is 10.2. The number of benzene rings is 2. The Bertz CT molecular complexity index is 802. The van der Waals surface area contributed by atoms with E-state index < -0.39 is 0 Å². The Hall–Kier alpha value is -1.37. The van der Waals surface area contributed by atoms with Crippen LogP contribution in [0.3, 0.4) is 0 Å². The van der Waals surface area contributed by atoms with Crippen molar-refractivity contribution in [2.24, 2.45) is 4.99 Å². The minimum atomic E-state index is -0.129. The van der Waals surface area contributed by atoms with Gasteiger partial charge in [0.05, 0.1) is 10.6 Å². The molecule has 1 aliphatic heterocycles. The summed E-state index contributed by atoms with van der Waals surface area (Å²) in [5, 5.41) is 3.37. The third-order valence-corrected chi connectivity index (χ3v) is 4.95. The molecule has 110 valence electrons. The average Bonchev–Trinajstić information content (AvgIpc) is 2.81. The molecule has 0 radical (unpaired) electrons. The van der Waals surface area contributed by atoms with E-state index in [1.165, 1.54) is 11.8 Å². The molecule has 3 rings (SSSR count). The Labute approximate surface area is 149 Å². The zero-order valence-corrected chi connectivity index (χ0v) is 15.2. The number of carbonyl (C=O) groups is 1. The Morgan fingerprint density at radius 1 is 1.09 bits per heavy atom. The lowest BCUT2D eigenvalue weighted by Crippen LogP contribution is -2.19. The highest BCUT2D eigenvalue weighted by Gasteiger charge is 2.23. The first-order chi connectivity index (χ1) is 10.6. The van der Waals surface area contributed by atoms with Crippen LogP contribution in [0.1, 0.15) is 5.56 Å². The summed E-state index contributed by atoms with van der Waals surface area (Å²) in [6.07, 6.45) is 1.85. The number of amides is 1. The van der Waals surface area contributed by atoms with Crippen molar-refractivity contribution in [2.45, 2.75) is 0 Å². The van der Waals surface area contributed by atoms with Gasteiger partial charge < -0.3 is 5.32 Å². The third kappa shape index (κ3) is 3.69. The molecule has 0 spiro atoms. The van der Waals surface area contributed by atoms with Crippen LogP contribution in [0.4, 0.5) is 5.69 Å². The van der Waals surface area contributed by atoms with Gasteiger partial charge in [-0.05, 0) is 63.6 Å². The fourth-order valence-corrected chi connectivity index (χ4v) is 3.51. The van der Waals surface area contributed by atoms with Crippen LogP contribution in [-0.2, 0) is 4.79 Å². The van der Waals surface area contributed by atoms with E-state index in [0.29, 0.717) is 10.1 Å². The van der Waals surface area contributed by atoms with Crippen LogP contribution >= 0.6 is 43.6 Å². The minimum absolute atomic E-state index is 0.129. The zero-order valence-electron chi connectivity index (χ0n) is 11.2. The predicted molar refractivity (Wildman–Crippen MR) is 99.1 cm³/mol. The van der Waals surface area contributed by atoms with Crippen molar-refractivity contribution >= 4 is 66.5 Å². The summed E-state index contributed by atoms with van der Waals surface area (Å²) in [6.45, 7) is 0. The van der Waals surface area contributed by atoms with E-state index in [1.54, 1.807) is 0 Å². The maximum atomic E-state index is 12.0. The van der Waals surface area contributed by atoms with E-state index in [1.807, 2.05) is 54.6 Å². The Morgan fingerprint density at radius 2 is 1.91 bits per heavy atom. The average molecular weight is 438 g/mol. The number of rotatable bonds is 2. The second kappa shape index (κ2) is 6.81.